The molecule has 0 aliphatic rings. The van der Waals surface area contributed by atoms with Crippen molar-refractivity contribution in [2.45, 2.75) is 6.92 Å². The van der Waals surface area contributed by atoms with Crippen LogP contribution < -0.4 is 4.74 Å². The van der Waals surface area contributed by atoms with Gasteiger partial charge >= 0.3 is 5.97 Å². The molecule has 0 saturated heterocycles. The Hall–Kier alpha value is -4.47. The average molecular weight is 541 g/mol. The topological polar surface area (TPSA) is 89.0 Å². The standard InChI is InChI=1S/C32H32N2O6/c1-26(2)32(35)40-25-23-38-21-19-36-18-20-37-22-24-39-31-29(8-6-27-10-14-33-15-11-27)4-3-5-30(31)9-7-28-12-16-34-17-13-28/h3-5,10-17H,1,18-25H2,2H3. The second-order valence-electron chi connectivity index (χ2n) is 8.26. The summed E-state index contributed by atoms with van der Waals surface area (Å²) in [5.74, 6) is 12.9. The van der Waals surface area contributed by atoms with E-state index >= 15 is 0 Å². The number of pyridine rings is 2. The summed E-state index contributed by atoms with van der Waals surface area (Å²) < 4.78 is 27.5. The molecule has 8 heteroatoms. The lowest BCUT2D eigenvalue weighted by Gasteiger charge is -2.11. The SMILES string of the molecule is C=C(C)C(=O)OCCOCCOCCOCCOc1c(C#Cc2ccncc2)cccc1C#Cc1ccncc1. The zero-order valence-corrected chi connectivity index (χ0v) is 22.6. The fourth-order valence-electron chi connectivity index (χ4n) is 3.10. The molecule has 0 spiro atoms. The number of benzene rings is 1. The molecule has 0 unspecified atom stereocenters. The molecular weight excluding hydrogens is 508 g/mol. The molecule has 2 aromatic heterocycles. The van der Waals surface area contributed by atoms with E-state index in [-0.39, 0.29) is 6.61 Å². The van der Waals surface area contributed by atoms with Crippen molar-refractivity contribution in [3.05, 3.63) is 102 Å². The van der Waals surface area contributed by atoms with Crippen LogP contribution in [0.4, 0.5) is 0 Å². The monoisotopic (exact) mass is 540 g/mol. The summed E-state index contributed by atoms with van der Waals surface area (Å²) in [4.78, 5) is 19.3. The van der Waals surface area contributed by atoms with Crippen molar-refractivity contribution in [1.82, 2.24) is 9.97 Å². The number of para-hydroxylation sites is 1. The third kappa shape index (κ3) is 11.5. The lowest BCUT2D eigenvalue weighted by atomic mass is 10.1. The van der Waals surface area contributed by atoms with Gasteiger partial charge in [-0.05, 0) is 43.3 Å². The molecule has 0 amide bonds. The molecule has 0 fully saturated rings. The van der Waals surface area contributed by atoms with Crippen LogP contribution in [-0.4, -0.2) is 68.8 Å². The number of carbonyl (C=O) groups excluding carboxylic acids is 1. The maximum Gasteiger partial charge on any atom is 0.333 e. The molecule has 0 aliphatic carbocycles. The van der Waals surface area contributed by atoms with E-state index in [1.165, 1.54) is 0 Å². The Labute approximate surface area is 235 Å². The molecule has 3 aromatic rings. The molecule has 8 nitrogen and oxygen atoms in total. The van der Waals surface area contributed by atoms with Gasteiger partial charge < -0.3 is 23.7 Å². The molecule has 0 atom stereocenters. The number of hydrogen-bond acceptors (Lipinski definition) is 8. The minimum absolute atomic E-state index is 0.185. The van der Waals surface area contributed by atoms with Gasteiger partial charge in [-0.3, -0.25) is 9.97 Å². The number of rotatable bonds is 14. The predicted molar refractivity (Wildman–Crippen MR) is 151 cm³/mol. The minimum atomic E-state index is -0.420. The first-order valence-electron chi connectivity index (χ1n) is 12.8. The van der Waals surface area contributed by atoms with Crippen LogP contribution in [0, 0.1) is 23.7 Å². The van der Waals surface area contributed by atoms with Crippen molar-refractivity contribution >= 4 is 5.97 Å². The molecule has 3 rings (SSSR count). The molecule has 0 aliphatic heterocycles. The number of aromatic nitrogens is 2. The van der Waals surface area contributed by atoms with Crippen molar-refractivity contribution < 1.29 is 28.5 Å². The van der Waals surface area contributed by atoms with E-state index in [4.69, 9.17) is 23.7 Å². The Morgan fingerprint density at radius 2 is 1.12 bits per heavy atom. The van der Waals surface area contributed by atoms with Gasteiger partial charge in [-0.25, -0.2) is 4.79 Å². The molecule has 40 heavy (non-hydrogen) atoms. The van der Waals surface area contributed by atoms with Crippen LogP contribution in [0.1, 0.15) is 29.2 Å². The molecule has 0 N–H and O–H groups in total. The fourth-order valence-corrected chi connectivity index (χ4v) is 3.10. The Balaban J connectivity index is 1.44. The fraction of sp³-hybridized carbons (Fsp3) is 0.281. The van der Waals surface area contributed by atoms with Crippen LogP contribution in [0.25, 0.3) is 0 Å². The van der Waals surface area contributed by atoms with E-state index < -0.39 is 5.97 Å². The van der Waals surface area contributed by atoms with Crippen LogP contribution >= 0.6 is 0 Å². The maximum atomic E-state index is 11.3. The first kappa shape index (κ1) is 30.1. The highest BCUT2D eigenvalue weighted by atomic mass is 16.6. The second kappa shape index (κ2) is 17.9. The molecule has 0 saturated carbocycles. The van der Waals surface area contributed by atoms with Crippen molar-refractivity contribution in [2.75, 3.05) is 52.9 Å². The summed E-state index contributed by atoms with van der Waals surface area (Å²) in [6, 6.07) is 13.1. The molecule has 2 heterocycles. The van der Waals surface area contributed by atoms with Crippen LogP contribution in [0.3, 0.4) is 0 Å². The quantitative estimate of drug-likeness (QED) is 0.132. The van der Waals surface area contributed by atoms with Gasteiger partial charge in [-0.2, -0.15) is 0 Å². The number of hydrogen-bond donors (Lipinski definition) is 0. The van der Waals surface area contributed by atoms with Gasteiger partial charge in [0.05, 0.1) is 50.8 Å². The highest BCUT2D eigenvalue weighted by Gasteiger charge is 2.08. The zero-order valence-electron chi connectivity index (χ0n) is 22.6. The van der Waals surface area contributed by atoms with Gasteiger partial charge in [0, 0.05) is 41.5 Å². The Morgan fingerprint density at radius 1 is 0.675 bits per heavy atom. The van der Waals surface area contributed by atoms with E-state index in [2.05, 4.69) is 40.2 Å². The number of carbonyl (C=O) groups is 1. The summed E-state index contributed by atoms with van der Waals surface area (Å²) in [6.45, 7) is 7.95. The lowest BCUT2D eigenvalue weighted by Crippen LogP contribution is -2.15. The predicted octanol–water partition coefficient (Wildman–Crippen LogP) is 3.82. The number of esters is 1. The average Bonchev–Trinajstić information content (AvgIpc) is 2.98. The van der Waals surface area contributed by atoms with Crippen LogP contribution in [0.5, 0.6) is 5.75 Å². The second-order valence-corrected chi connectivity index (χ2v) is 8.26. The van der Waals surface area contributed by atoms with E-state index in [0.717, 1.165) is 22.3 Å². The van der Waals surface area contributed by atoms with Crippen LogP contribution in [0.15, 0.2) is 79.4 Å². The first-order valence-corrected chi connectivity index (χ1v) is 12.8. The third-order valence-electron chi connectivity index (χ3n) is 5.09. The molecule has 206 valence electrons. The molecule has 1 aromatic carbocycles. The lowest BCUT2D eigenvalue weighted by molar-refractivity contribution is -0.140. The summed E-state index contributed by atoms with van der Waals surface area (Å²) >= 11 is 0. The number of nitrogens with zero attached hydrogens (tertiary/aromatic N) is 2. The number of ether oxygens (including phenoxy) is 5. The molecular formula is C32H32N2O6. The Kier molecular flexibility index (Phi) is 13.5. The van der Waals surface area contributed by atoms with Crippen molar-refractivity contribution in [1.29, 1.82) is 0 Å². The zero-order chi connectivity index (χ0) is 28.3. The van der Waals surface area contributed by atoms with E-state index in [1.807, 2.05) is 42.5 Å². The first-order chi connectivity index (χ1) is 19.6. The van der Waals surface area contributed by atoms with E-state index in [9.17, 15) is 4.79 Å². The van der Waals surface area contributed by atoms with Gasteiger partial charge in [0.2, 0.25) is 0 Å². The normalized spacial score (nSPS) is 10.0. The highest BCUT2D eigenvalue weighted by Crippen LogP contribution is 2.23. The van der Waals surface area contributed by atoms with Crippen molar-refractivity contribution in [2.24, 2.45) is 0 Å². The summed E-state index contributed by atoms with van der Waals surface area (Å²) in [7, 11) is 0. The van der Waals surface area contributed by atoms with E-state index in [1.54, 1.807) is 31.7 Å². The maximum absolute atomic E-state index is 11.3. The van der Waals surface area contributed by atoms with Crippen molar-refractivity contribution in [3.8, 4) is 29.4 Å². The van der Waals surface area contributed by atoms with Crippen molar-refractivity contribution in [3.63, 3.8) is 0 Å². The van der Waals surface area contributed by atoms with Crippen LogP contribution in [-0.2, 0) is 23.7 Å². The van der Waals surface area contributed by atoms with Crippen LogP contribution in [0.2, 0.25) is 0 Å². The van der Waals surface area contributed by atoms with Gasteiger partial charge in [0.1, 0.15) is 13.2 Å². The largest absolute Gasteiger partial charge is 0.489 e. The van der Waals surface area contributed by atoms with Gasteiger partial charge in [0.25, 0.3) is 0 Å². The van der Waals surface area contributed by atoms with Gasteiger partial charge in [-0.1, -0.05) is 36.3 Å². The minimum Gasteiger partial charge on any atom is -0.489 e. The summed E-state index contributed by atoms with van der Waals surface area (Å²) in [5, 5.41) is 0. The van der Waals surface area contributed by atoms with Gasteiger partial charge in [0.15, 0.2) is 5.75 Å². The molecule has 0 radical (unpaired) electrons. The Morgan fingerprint density at radius 3 is 1.60 bits per heavy atom. The summed E-state index contributed by atoms with van der Waals surface area (Å²) in [6.07, 6.45) is 6.82. The highest BCUT2D eigenvalue weighted by molar-refractivity contribution is 5.86. The van der Waals surface area contributed by atoms with Gasteiger partial charge in [-0.15, -0.1) is 0 Å². The summed E-state index contributed by atoms with van der Waals surface area (Å²) in [5.41, 5.74) is 3.54. The third-order valence-corrected chi connectivity index (χ3v) is 5.09. The van der Waals surface area contributed by atoms with E-state index in [0.29, 0.717) is 57.6 Å². The Bertz CT molecular complexity index is 1260. The molecule has 0 bridgehead atoms. The smallest absolute Gasteiger partial charge is 0.333 e.